The molecule has 82 valence electrons. The minimum absolute atomic E-state index is 0.214. The fourth-order valence-corrected chi connectivity index (χ4v) is 1.45. The lowest BCUT2D eigenvalue weighted by atomic mass is 10.1. The van der Waals surface area contributed by atoms with E-state index in [0.29, 0.717) is 0 Å². The topological polar surface area (TPSA) is 70.7 Å². The Morgan fingerprint density at radius 2 is 2.25 bits per heavy atom. The first-order valence-corrected chi connectivity index (χ1v) is 5.06. The Labute approximate surface area is 92.9 Å². The fraction of sp³-hybridized carbons (Fsp3) is 0.182. The SMILES string of the molecule is CCc1ccccc1NC(=O)c1ncn[nH]1. The van der Waals surface area contributed by atoms with Gasteiger partial charge in [-0.05, 0) is 18.1 Å². The van der Waals surface area contributed by atoms with Crippen molar-refractivity contribution in [3.05, 3.63) is 42.0 Å². The maximum Gasteiger partial charge on any atom is 0.292 e. The third-order valence-electron chi connectivity index (χ3n) is 2.28. The fourth-order valence-electron chi connectivity index (χ4n) is 1.45. The quantitative estimate of drug-likeness (QED) is 0.819. The Bertz CT molecular complexity index is 478. The first kappa shape index (κ1) is 10.4. The molecule has 2 N–H and O–H groups in total. The summed E-state index contributed by atoms with van der Waals surface area (Å²) in [7, 11) is 0. The van der Waals surface area contributed by atoms with E-state index in [-0.39, 0.29) is 11.7 Å². The second-order valence-electron chi connectivity index (χ2n) is 3.30. The van der Waals surface area contributed by atoms with Crippen LogP contribution in [0, 0.1) is 0 Å². The van der Waals surface area contributed by atoms with Crippen LogP contribution in [0.15, 0.2) is 30.6 Å². The number of anilines is 1. The molecule has 0 fully saturated rings. The van der Waals surface area contributed by atoms with Crippen molar-refractivity contribution < 1.29 is 4.79 Å². The van der Waals surface area contributed by atoms with Crippen molar-refractivity contribution >= 4 is 11.6 Å². The number of para-hydroxylation sites is 1. The van der Waals surface area contributed by atoms with E-state index in [1.54, 1.807) is 0 Å². The van der Waals surface area contributed by atoms with Gasteiger partial charge in [-0.2, -0.15) is 5.10 Å². The Morgan fingerprint density at radius 1 is 1.44 bits per heavy atom. The minimum Gasteiger partial charge on any atom is -0.319 e. The molecule has 0 saturated carbocycles. The van der Waals surface area contributed by atoms with Crippen molar-refractivity contribution in [2.24, 2.45) is 0 Å². The first-order valence-electron chi connectivity index (χ1n) is 5.06. The molecule has 2 rings (SSSR count). The van der Waals surface area contributed by atoms with Gasteiger partial charge in [0.15, 0.2) is 0 Å². The molecule has 5 heteroatoms. The highest BCUT2D eigenvalue weighted by Crippen LogP contribution is 2.15. The molecule has 0 aliphatic rings. The Balaban J connectivity index is 2.18. The van der Waals surface area contributed by atoms with E-state index in [0.717, 1.165) is 17.7 Å². The molecule has 2 aromatic rings. The molecule has 1 heterocycles. The molecule has 1 aromatic carbocycles. The highest BCUT2D eigenvalue weighted by atomic mass is 16.2. The summed E-state index contributed by atoms with van der Waals surface area (Å²) in [6.07, 6.45) is 2.17. The number of hydrogen-bond donors (Lipinski definition) is 2. The third-order valence-corrected chi connectivity index (χ3v) is 2.28. The Hall–Kier alpha value is -2.17. The monoisotopic (exact) mass is 216 g/mol. The van der Waals surface area contributed by atoms with Gasteiger partial charge in [0.05, 0.1) is 0 Å². The summed E-state index contributed by atoms with van der Waals surface area (Å²) in [6.45, 7) is 2.04. The summed E-state index contributed by atoms with van der Waals surface area (Å²) in [5, 5.41) is 8.94. The number of aromatic amines is 1. The van der Waals surface area contributed by atoms with Crippen molar-refractivity contribution in [3.8, 4) is 0 Å². The van der Waals surface area contributed by atoms with E-state index in [1.165, 1.54) is 6.33 Å². The average Bonchev–Trinajstić information content (AvgIpc) is 2.83. The lowest BCUT2D eigenvalue weighted by Gasteiger charge is -2.07. The van der Waals surface area contributed by atoms with Crippen LogP contribution >= 0.6 is 0 Å². The van der Waals surface area contributed by atoms with Crippen LogP contribution in [0.5, 0.6) is 0 Å². The molecule has 16 heavy (non-hydrogen) atoms. The third kappa shape index (κ3) is 2.08. The minimum atomic E-state index is -0.279. The van der Waals surface area contributed by atoms with Crippen LogP contribution in [-0.4, -0.2) is 21.1 Å². The molecule has 0 atom stereocenters. The highest BCUT2D eigenvalue weighted by Gasteiger charge is 2.10. The molecule has 0 bridgehead atoms. The number of hydrogen-bond acceptors (Lipinski definition) is 3. The molecule has 1 aromatic heterocycles. The number of aromatic nitrogens is 3. The van der Waals surface area contributed by atoms with Gasteiger partial charge in [0.25, 0.3) is 5.91 Å². The van der Waals surface area contributed by atoms with Crippen molar-refractivity contribution in [1.82, 2.24) is 15.2 Å². The van der Waals surface area contributed by atoms with Gasteiger partial charge < -0.3 is 5.32 Å². The van der Waals surface area contributed by atoms with Gasteiger partial charge in [-0.15, -0.1) is 0 Å². The average molecular weight is 216 g/mol. The van der Waals surface area contributed by atoms with Gasteiger partial charge >= 0.3 is 0 Å². The molecule has 0 aliphatic carbocycles. The zero-order chi connectivity index (χ0) is 11.4. The zero-order valence-electron chi connectivity index (χ0n) is 8.90. The van der Waals surface area contributed by atoms with E-state index in [9.17, 15) is 4.79 Å². The summed E-state index contributed by atoms with van der Waals surface area (Å²) >= 11 is 0. The lowest BCUT2D eigenvalue weighted by Crippen LogP contribution is -2.14. The number of carbonyl (C=O) groups excluding carboxylic acids is 1. The lowest BCUT2D eigenvalue weighted by molar-refractivity contribution is 0.101. The number of nitrogens with zero attached hydrogens (tertiary/aromatic N) is 2. The van der Waals surface area contributed by atoms with Crippen LogP contribution < -0.4 is 5.32 Å². The number of aryl methyl sites for hydroxylation is 1. The number of benzene rings is 1. The maximum absolute atomic E-state index is 11.7. The van der Waals surface area contributed by atoms with Gasteiger partial charge in [0.2, 0.25) is 5.82 Å². The second-order valence-corrected chi connectivity index (χ2v) is 3.30. The van der Waals surface area contributed by atoms with Gasteiger partial charge in [-0.25, -0.2) is 4.98 Å². The standard InChI is InChI=1S/C11H12N4O/c1-2-8-5-3-4-6-9(8)14-11(16)10-12-7-13-15-10/h3-7H,2H2,1H3,(H,14,16)(H,12,13,15). The molecular formula is C11H12N4O. The smallest absolute Gasteiger partial charge is 0.292 e. The van der Waals surface area contributed by atoms with Gasteiger partial charge in [0, 0.05) is 5.69 Å². The molecule has 1 amide bonds. The normalized spacial score (nSPS) is 10.1. The Kier molecular flexibility index (Phi) is 2.95. The van der Waals surface area contributed by atoms with Crippen LogP contribution in [0.25, 0.3) is 0 Å². The first-order chi connectivity index (χ1) is 7.81. The molecule has 0 saturated heterocycles. The molecule has 0 spiro atoms. The summed E-state index contributed by atoms with van der Waals surface area (Å²) in [6, 6.07) is 7.68. The van der Waals surface area contributed by atoms with E-state index >= 15 is 0 Å². The number of rotatable bonds is 3. The van der Waals surface area contributed by atoms with Gasteiger partial charge in [-0.3, -0.25) is 9.89 Å². The number of carbonyl (C=O) groups is 1. The second kappa shape index (κ2) is 4.57. The van der Waals surface area contributed by atoms with Crippen LogP contribution in [-0.2, 0) is 6.42 Å². The van der Waals surface area contributed by atoms with Crippen molar-refractivity contribution in [1.29, 1.82) is 0 Å². The maximum atomic E-state index is 11.7. The van der Waals surface area contributed by atoms with Crippen molar-refractivity contribution in [3.63, 3.8) is 0 Å². The zero-order valence-corrected chi connectivity index (χ0v) is 8.90. The van der Waals surface area contributed by atoms with E-state index in [4.69, 9.17) is 0 Å². The highest BCUT2D eigenvalue weighted by molar-refractivity contribution is 6.01. The number of amides is 1. The van der Waals surface area contributed by atoms with Gasteiger partial charge in [-0.1, -0.05) is 25.1 Å². The van der Waals surface area contributed by atoms with Gasteiger partial charge in [0.1, 0.15) is 6.33 Å². The summed E-state index contributed by atoms with van der Waals surface area (Å²) in [5.74, 6) is -0.0655. The van der Waals surface area contributed by atoms with E-state index in [1.807, 2.05) is 31.2 Å². The van der Waals surface area contributed by atoms with Crippen LogP contribution in [0.3, 0.4) is 0 Å². The number of nitrogens with one attached hydrogen (secondary N) is 2. The summed E-state index contributed by atoms with van der Waals surface area (Å²) in [4.78, 5) is 15.5. The Morgan fingerprint density at radius 3 is 2.94 bits per heavy atom. The molecule has 0 radical (unpaired) electrons. The van der Waals surface area contributed by atoms with Crippen molar-refractivity contribution in [2.45, 2.75) is 13.3 Å². The largest absolute Gasteiger partial charge is 0.319 e. The van der Waals surface area contributed by atoms with Crippen LogP contribution in [0.4, 0.5) is 5.69 Å². The van der Waals surface area contributed by atoms with Crippen LogP contribution in [0.1, 0.15) is 23.1 Å². The number of H-pyrrole nitrogens is 1. The van der Waals surface area contributed by atoms with Crippen molar-refractivity contribution in [2.75, 3.05) is 5.32 Å². The molecule has 0 aliphatic heterocycles. The molecule has 0 unspecified atom stereocenters. The summed E-state index contributed by atoms with van der Waals surface area (Å²) < 4.78 is 0. The predicted molar refractivity (Wildman–Crippen MR) is 60.2 cm³/mol. The summed E-state index contributed by atoms with van der Waals surface area (Å²) in [5.41, 5.74) is 1.90. The predicted octanol–water partition coefficient (Wildman–Crippen LogP) is 1.62. The van der Waals surface area contributed by atoms with E-state index < -0.39 is 0 Å². The van der Waals surface area contributed by atoms with E-state index in [2.05, 4.69) is 20.5 Å². The molecule has 5 nitrogen and oxygen atoms in total. The molecular weight excluding hydrogens is 204 g/mol. The van der Waals surface area contributed by atoms with Crippen LogP contribution in [0.2, 0.25) is 0 Å².